The van der Waals surface area contributed by atoms with Gasteiger partial charge < -0.3 is 0 Å². The Kier molecular flexibility index (Phi) is 2.91. The summed E-state index contributed by atoms with van der Waals surface area (Å²) in [7, 11) is 7.94. The van der Waals surface area contributed by atoms with E-state index in [2.05, 4.69) is 58.4 Å². The van der Waals surface area contributed by atoms with Gasteiger partial charge in [-0.15, -0.1) is 0 Å². The minimum Gasteiger partial charge on any atom is -0.281 e. The molecule has 0 unspecified atom stereocenters. The summed E-state index contributed by atoms with van der Waals surface area (Å²) in [5.74, 6) is 1.05. The van der Waals surface area contributed by atoms with Crippen LogP contribution >= 0.6 is 30.3 Å². The van der Waals surface area contributed by atoms with E-state index in [0.29, 0.717) is 4.48 Å². The van der Waals surface area contributed by atoms with Crippen LogP contribution < -0.4 is 4.48 Å². The molecule has 0 aliphatic heterocycles. The molecule has 0 radical (unpaired) electrons. The molecule has 2 rings (SSSR count). The van der Waals surface area contributed by atoms with Crippen LogP contribution in [-0.4, -0.2) is 35.1 Å². The normalized spacial score (nSPS) is 12.3. The van der Waals surface area contributed by atoms with Crippen LogP contribution in [0.15, 0.2) is 18.6 Å². The number of nitrogens with zero attached hydrogens (tertiary/aromatic N) is 4. The van der Waals surface area contributed by atoms with Gasteiger partial charge in [0, 0.05) is 36.5 Å². The summed E-state index contributed by atoms with van der Waals surface area (Å²) in [4.78, 5) is 8.66. The average molecular weight is 335 g/mol. The zero-order valence-electron chi connectivity index (χ0n) is 8.81. The van der Waals surface area contributed by atoms with E-state index in [0.717, 1.165) is 16.9 Å². The van der Waals surface area contributed by atoms with E-state index in [9.17, 15) is 0 Å². The molecule has 2 aromatic heterocycles. The first-order valence-corrected chi connectivity index (χ1v) is 7.79. The van der Waals surface area contributed by atoms with Crippen LogP contribution in [0.3, 0.4) is 0 Å². The molecule has 4 nitrogen and oxygen atoms in total. The summed E-state index contributed by atoms with van der Waals surface area (Å²) in [6.45, 7) is 0. The third-order valence-corrected chi connectivity index (χ3v) is 3.85. The Balaban J connectivity index is 2.73. The summed E-state index contributed by atoms with van der Waals surface area (Å²) in [5, 5.41) is 1.12. The molecule has 0 amide bonds. The van der Waals surface area contributed by atoms with Gasteiger partial charge in [0.2, 0.25) is 5.82 Å². The van der Waals surface area contributed by atoms with Gasteiger partial charge in [-0.1, -0.05) is 0 Å². The maximum Gasteiger partial charge on any atom is 0.239 e. The Morgan fingerprint density at radius 2 is 2.07 bits per heavy atom. The van der Waals surface area contributed by atoms with E-state index < -0.39 is 0 Å². The van der Waals surface area contributed by atoms with Crippen LogP contribution in [-0.2, 0) is 0 Å². The largest absolute Gasteiger partial charge is 0.281 e. The zero-order valence-corrected chi connectivity index (χ0v) is 11.8. The Hall–Kier alpha value is -0.340. The predicted octanol–water partition coefficient (Wildman–Crippen LogP) is 2.47. The van der Waals surface area contributed by atoms with Crippen molar-refractivity contribution >= 4 is 47.2 Å². The van der Waals surface area contributed by atoms with E-state index in [-0.39, 0.29) is 0 Å². The topological polar surface area (TPSA) is 30.7 Å². The highest BCUT2D eigenvalue weighted by Crippen LogP contribution is 2.29. The van der Waals surface area contributed by atoms with Gasteiger partial charge in [0.25, 0.3) is 0 Å². The molecule has 0 aliphatic rings. The predicted molar refractivity (Wildman–Crippen MR) is 74.1 cm³/mol. The second kappa shape index (κ2) is 3.91. The van der Waals surface area contributed by atoms with E-state index in [4.69, 9.17) is 0 Å². The fourth-order valence-electron chi connectivity index (χ4n) is 1.51. The van der Waals surface area contributed by atoms with E-state index in [1.165, 1.54) is 0 Å². The molecule has 0 saturated carbocycles. The zero-order chi connectivity index (χ0) is 11.1. The lowest BCUT2D eigenvalue weighted by Gasteiger charge is -2.22. The summed E-state index contributed by atoms with van der Waals surface area (Å²) in [5.41, 5.74) is 0.979. The van der Waals surface area contributed by atoms with Gasteiger partial charge in [-0.25, -0.2) is 4.98 Å². The third-order valence-electron chi connectivity index (χ3n) is 2.14. The van der Waals surface area contributed by atoms with Gasteiger partial charge in [0.1, 0.15) is 11.7 Å². The number of fused-ring (bicyclic) bond motifs is 1. The van der Waals surface area contributed by atoms with Crippen molar-refractivity contribution < 1.29 is 0 Å². The first-order valence-electron chi connectivity index (χ1n) is 4.47. The molecule has 0 spiro atoms. The van der Waals surface area contributed by atoms with Crippen LogP contribution in [0, 0.1) is 0 Å². The van der Waals surface area contributed by atoms with E-state index in [1.807, 2.05) is 10.2 Å². The number of aromatic nitrogens is 3. The fourth-order valence-corrected chi connectivity index (χ4v) is 2.78. The Labute approximate surface area is 105 Å². The molecule has 2 aromatic rings. The van der Waals surface area contributed by atoms with Crippen molar-refractivity contribution in [2.24, 2.45) is 0 Å². The molecule has 0 fully saturated rings. The Bertz CT molecular complexity index is 488. The van der Waals surface area contributed by atoms with Gasteiger partial charge >= 0.3 is 0 Å². The monoisotopic (exact) mass is 335 g/mol. The quantitative estimate of drug-likeness (QED) is 0.624. The number of halogens is 1. The van der Waals surface area contributed by atoms with Crippen molar-refractivity contribution in [2.75, 3.05) is 21.1 Å². The molecular formula is C9H12IN4S+. The number of quaternary nitrogens is 1. The van der Waals surface area contributed by atoms with E-state index in [1.54, 1.807) is 15.4 Å². The molecule has 0 aliphatic carbocycles. The molecule has 0 bridgehead atoms. The average Bonchev–Trinajstić information content (AvgIpc) is 2.58. The number of hydrogen-bond donors (Lipinski definition) is 0. The lowest BCUT2D eigenvalue weighted by atomic mass is 10.3. The first-order chi connectivity index (χ1) is 7.04. The van der Waals surface area contributed by atoms with Crippen molar-refractivity contribution in [3.05, 3.63) is 18.6 Å². The van der Waals surface area contributed by atoms with Gasteiger partial charge in [-0.3, -0.25) is 8.46 Å². The molecule has 0 saturated heterocycles. The van der Waals surface area contributed by atoms with Crippen LogP contribution in [0.4, 0.5) is 5.82 Å². The highest BCUT2D eigenvalue weighted by Gasteiger charge is 2.20. The van der Waals surface area contributed by atoms with Gasteiger partial charge in [0.15, 0.2) is 5.65 Å². The molecule has 0 N–H and O–H groups in total. The van der Waals surface area contributed by atoms with Crippen molar-refractivity contribution in [3.63, 3.8) is 0 Å². The molecular weight excluding hydrogens is 323 g/mol. The fraction of sp³-hybridized carbons (Fsp3) is 0.333. The summed E-state index contributed by atoms with van der Waals surface area (Å²) in [6.07, 6.45) is 3.65. The number of rotatable bonds is 2. The third kappa shape index (κ3) is 1.98. The smallest absolute Gasteiger partial charge is 0.239 e. The molecule has 0 aromatic carbocycles. The van der Waals surface area contributed by atoms with Gasteiger partial charge in [-0.2, -0.15) is 4.98 Å². The summed E-state index contributed by atoms with van der Waals surface area (Å²) < 4.78 is 2.74. The van der Waals surface area contributed by atoms with Crippen molar-refractivity contribution in [1.82, 2.24) is 18.4 Å². The standard InChI is InChI=1S/C9H12IN4S/c1-14(2,3)9-7-4-5-13(15-10)8(7)11-6-12-9/h4-6H,1-3H3/q+1. The minimum atomic E-state index is 0.703. The van der Waals surface area contributed by atoms with Crippen molar-refractivity contribution in [3.8, 4) is 0 Å². The van der Waals surface area contributed by atoms with Crippen LogP contribution in [0.5, 0.6) is 0 Å². The van der Waals surface area contributed by atoms with Gasteiger partial charge in [-0.05, 0) is 6.07 Å². The Morgan fingerprint density at radius 1 is 1.33 bits per heavy atom. The van der Waals surface area contributed by atoms with E-state index >= 15 is 0 Å². The van der Waals surface area contributed by atoms with Crippen molar-refractivity contribution in [2.45, 2.75) is 0 Å². The number of hydrogen-bond acceptors (Lipinski definition) is 3. The van der Waals surface area contributed by atoms with Crippen LogP contribution in [0.2, 0.25) is 0 Å². The SMILES string of the molecule is C[N+](C)(C)c1ncnc2c1ccn2SI. The van der Waals surface area contributed by atoms with Gasteiger partial charge in [0.05, 0.1) is 21.1 Å². The molecule has 2 heterocycles. The highest BCUT2D eigenvalue weighted by atomic mass is 127. The molecule has 15 heavy (non-hydrogen) atoms. The summed E-state index contributed by atoms with van der Waals surface area (Å²) >= 11 is 2.24. The second-order valence-electron chi connectivity index (χ2n) is 4.16. The molecule has 80 valence electrons. The maximum absolute atomic E-state index is 4.36. The van der Waals surface area contributed by atoms with Crippen LogP contribution in [0.1, 0.15) is 0 Å². The second-order valence-corrected chi connectivity index (χ2v) is 5.87. The summed E-state index contributed by atoms with van der Waals surface area (Å²) in [6, 6.07) is 2.07. The molecule has 0 atom stereocenters. The maximum atomic E-state index is 4.36. The first kappa shape index (κ1) is 11.2. The molecule has 6 heteroatoms. The Morgan fingerprint density at radius 3 is 2.67 bits per heavy atom. The minimum absolute atomic E-state index is 0.703. The van der Waals surface area contributed by atoms with Crippen LogP contribution in [0.25, 0.3) is 11.0 Å². The highest BCUT2D eigenvalue weighted by molar-refractivity contribution is 14.2. The lowest BCUT2D eigenvalue weighted by Crippen LogP contribution is -2.35. The lowest BCUT2D eigenvalue weighted by molar-refractivity contribution is 0.476. The van der Waals surface area contributed by atoms with Crippen molar-refractivity contribution in [1.29, 1.82) is 0 Å².